The number of hydrogen-bond acceptors (Lipinski definition) is 4. The van der Waals surface area contributed by atoms with Crippen LogP contribution in [0.2, 0.25) is 0 Å². The second-order valence-electron chi connectivity index (χ2n) is 5.68. The molecule has 122 valence electrons. The van der Waals surface area contributed by atoms with Crippen molar-refractivity contribution in [1.29, 1.82) is 0 Å². The summed E-state index contributed by atoms with van der Waals surface area (Å²) in [6.45, 7) is 0.347. The van der Waals surface area contributed by atoms with Gasteiger partial charge in [0.1, 0.15) is 0 Å². The van der Waals surface area contributed by atoms with E-state index >= 15 is 0 Å². The predicted molar refractivity (Wildman–Crippen MR) is 89.2 cm³/mol. The van der Waals surface area contributed by atoms with Gasteiger partial charge in [-0.05, 0) is 35.8 Å². The molecule has 0 atom stereocenters. The number of amides is 2. The molecule has 0 aromatic heterocycles. The molecule has 1 aliphatic heterocycles. The predicted octanol–water partition coefficient (Wildman–Crippen LogP) is 2.48. The van der Waals surface area contributed by atoms with Crippen molar-refractivity contribution in [2.24, 2.45) is 0 Å². The van der Waals surface area contributed by atoms with Gasteiger partial charge in [0.2, 0.25) is 5.91 Å². The summed E-state index contributed by atoms with van der Waals surface area (Å²) in [6.07, 6.45) is 2.24. The lowest BCUT2D eigenvalue weighted by molar-refractivity contribution is -0.137. The SMILES string of the molecule is O=C1C/C(=C\c2ccc(O)c(O)c2)C(=O)N1CCc1ccccc1. The summed E-state index contributed by atoms with van der Waals surface area (Å²) in [5.74, 6) is -1.01. The molecular weight excluding hydrogens is 306 g/mol. The molecule has 0 aliphatic carbocycles. The van der Waals surface area contributed by atoms with Gasteiger partial charge in [0.05, 0.1) is 6.42 Å². The van der Waals surface area contributed by atoms with Gasteiger partial charge in [-0.3, -0.25) is 14.5 Å². The third-order valence-electron chi connectivity index (χ3n) is 3.97. The first-order valence-electron chi connectivity index (χ1n) is 7.66. The highest BCUT2D eigenvalue weighted by atomic mass is 16.3. The van der Waals surface area contributed by atoms with E-state index in [0.29, 0.717) is 24.1 Å². The molecule has 1 aliphatic rings. The first-order chi connectivity index (χ1) is 11.5. The van der Waals surface area contributed by atoms with Gasteiger partial charge in [-0.25, -0.2) is 0 Å². The number of benzene rings is 2. The molecule has 3 rings (SSSR count). The Labute approximate surface area is 139 Å². The zero-order valence-corrected chi connectivity index (χ0v) is 13.0. The van der Waals surface area contributed by atoms with Crippen LogP contribution in [0.3, 0.4) is 0 Å². The van der Waals surface area contributed by atoms with Gasteiger partial charge in [-0.15, -0.1) is 0 Å². The minimum absolute atomic E-state index is 0.0509. The summed E-state index contributed by atoms with van der Waals surface area (Å²) < 4.78 is 0. The Morgan fingerprint density at radius 1 is 1.00 bits per heavy atom. The Morgan fingerprint density at radius 3 is 2.46 bits per heavy atom. The Kier molecular flexibility index (Phi) is 4.33. The number of carbonyl (C=O) groups excluding carboxylic acids is 2. The lowest BCUT2D eigenvalue weighted by Crippen LogP contribution is -2.31. The molecule has 0 spiro atoms. The number of phenols is 2. The number of aromatic hydroxyl groups is 2. The fourth-order valence-corrected chi connectivity index (χ4v) is 2.68. The Bertz CT molecular complexity index is 811. The molecule has 1 fully saturated rings. The van der Waals surface area contributed by atoms with Gasteiger partial charge in [0.15, 0.2) is 11.5 Å². The van der Waals surface area contributed by atoms with Crippen molar-refractivity contribution < 1.29 is 19.8 Å². The number of phenolic OH excluding ortho intramolecular Hbond substituents is 2. The normalized spacial score (nSPS) is 16.2. The van der Waals surface area contributed by atoms with E-state index in [1.54, 1.807) is 12.1 Å². The van der Waals surface area contributed by atoms with Crippen molar-refractivity contribution >= 4 is 17.9 Å². The average molecular weight is 323 g/mol. The average Bonchev–Trinajstić information content (AvgIpc) is 2.84. The third kappa shape index (κ3) is 3.30. The minimum Gasteiger partial charge on any atom is -0.504 e. The molecule has 24 heavy (non-hydrogen) atoms. The maximum atomic E-state index is 12.4. The second kappa shape index (κ2) is 6.58. The van der Waals surface area contributed by atoms with Crippen LogP contribution in [0, 0.1) is 0 Å². The maximum absolute atomic E-state index is 12.4. The number of nitrogens with zero attached hydrogens (tertiary/aromatic N) is 1. The van der Waals surface area contributed by atoms with Crippen molar-refractivity contribution in [3.63, 3.8) is 0 Å². The van der Waals surface area contributed by atoms with E-state index in [2.05, 4.69) is 0 Å². The lowest BCUT2D eigenvalue weighted by Gasteiger charge is -2.13. The lowest BCUT2D eigenvalue weighted by atomic mass is 10.1. The smallest absolute Gasteiger partial charge is 0.256 e. The van der Waals surface area contributed by atoms with Crippen LogP contribution in [0.1, 0.15) is 17.5 Å². The monoisotopic (exact) mass is 323 g/mol. The number of likely N-dealkylation sites (tertiary alicyclic amines) is 1. The Balaban J connectivity index is 1.73. The van der Waals surface area contributed by atoms with Crippen molar-refractivity contribution in [2.75, 3.05) is 6.54 Å². The molecule has 0 radical (unpaired) electrons. The van der Waals surface area contributed by atoms with Crippen LogP contribution in [0.4, 0.5) is 0 Å². The fraction of sp³-hybridized carbons (Fsp3) is 0.158. The van der Waals surface area contributed by atoms with Crippen LogP contribution in [0.5, 0.6) is 11.5 Å². The molecule has 5 heteroatoms. The molecule has 0 saturated carbocycles. The number of hydrogen-bond donors (Lipinski definition) is 2. The van der Waals surface area contributed by atoms with Gasteiger partial charge in [-0.2, -0.15) is 0 Å². The standard InChI is InChI=1S/C19H17NO4/c21-16-7-6-14(11-17(16)22)10-15-12-18(23)20(19(15)24)9-8-13-4-2-1-3-5-13/h1-7,10-11,21-22H,8-9,12H2/b15-10+. The van der Waals surface area contributed by atoms with Gasteiger partial charge in [-0.1, -0.05) is 36.4 Å². The van der Waals surface area contributed by atoms with E-state index in [0.717, 1.165) is 5.56 Å². The zero-order valence-electron chi connectivity index (χ0n) is 13.0. The molecule has 2 N–H and O–H groups in total. The minimum atomic E-state index is -0.302. The summed E-state index contributed by atoms with van der Waals surface area (Å²) in [7, 11) is 0. The highest BCUT2D eigenvalue weighted by Gasteiger charge is 2.33. The highest BCUT2D eigenvalue weighted by molar-refractivity contribution is 6.15. The van der Waals surface area contributed by atoms with Gasteiger partial charge < -0.3 is 10.2 Å². The van der Waals surface area contributed by atoms with Crippen LogP contribution < -0.4 is 0 Å². The van der Waals surface area contributed by atoms with E-state index in [-0.39, 0.29) is 29.7 Å². The van der Waals surface area contributed by atoms with Crippen LogP contribution in [-0.2, 0) is 16.0 Å². The Morgan fingerprint density at radius 2 is 1.75 bits per heavy atom. The molecule has 1 heterocycles. The molecule has 0 unspecified atom stereocenters. The van der Waals surface area contributed by atoms with Crippen molar-refractivity contribution in [1.82, 2.24) is 4.90 Å². The van der Waals surface area contributed by atoms with Gasteiger partial charge in [0, 0.05) is 12.1 Å². The van der Waals surface area contributed by atoms with Crippen molar-refractivity contribution in [3.05, 3.63) is 65.2 Å². The summed E-state index contributed by atoms with van der Waals surface area (Å²) in [5, 5.41) is 18.8. The van der Waals surface area contributed by atoms with Crippen LogP contribution >= 0.6 is 0 Å². The van der Waals surface area contributed by atoms with Crippen molar-refractivity contribution in [3.8, 4) is 11.5 Å². The maximum Gasteiger partial charge on any atom is 0.256 e. The molecule has 2 aromatic rings. The van der Waals surface area contributed by atoms with E-state index in [1.807, 2.05) is 30.3 Å². The Hall–Kier alpha value is -3.08. The molecule has 2 aromatic carbocycles. The highest BCUT2D eigenvalue weighted by Crippen LogP contribution is 2.28. The number of imide groups is 1. The van der Waals surface area contributed by atoms with Crippen LogP contribution in [0.25, 0.3) is 6.08 Å². The summed E-state index contributed by atoms with van der Waals surface area (Å²) >= 11 is 0. The summed E-state index contributed by atoms with van der Waals surface area (Å²) in [4.78, 5) is 25.8. The third-order valence-corrected chi connectivity index (χ3v) is 3.97. The van der Waals surface area contributed by atoms with E-state index in [9.17, 15) is 19.8 Å². The molecule has 5 nitrogen and oxygen atoms in total. The van der Waals surface area contributed by atoms with Crippen molar-refractivity contribution in [2.45, 2.75) is 12.8 Å². The fourth-order valence-electron chi connectivity index (χ4n) is 2.68. The number of carbonyl (C=O) groups is 2. The molecule has 0 bridgehead atoms. The first kappa shape index (κ1) is 15.8. The molecule has 1 saturated heterocycles. The van der Waals surface area contributed by atoms with Gasteiger partial charge in [0.25, 0.3) is 5.91 Å². The van der Waals surface area contributed by atoms with E-state index in [1.165, 1.54) is 17.0 Å². The molecule has 2 amide bonds. The van der Waals surface area contributed by atoms with Crippen LogP contribution in [-0.4, -0.2) is 33.5 Å². The van der Waals surface area contributed by atoms with Gasteiger partial charge >= 0.3 is 0 Å². The number of rotatable bonds is 4. The first-order valence-corrected chi connectivity index (χ1v) is 7.66. The summed E-state index contributed by atoms with van der Waals surface area (Å²) in [6, 6.07) is 14.0. The van der Waals surface area contributed by atoms with E-state index in [4.69, 9.17) is 0 Å². The topological polar surface area (TPSA) is 77.8 Å². The largest absolute Gasteiger partial charge is 0.504 e. The quantitative estimate of drug-likeness (QED) is 0.515. The summed E-state index contributed by atoms with van der Waals surface area (Å²) in [5.41, 5.74) is 2.02. The zero-order chi connectivity index (χ0) is 17.1. The van der Waals surface area contributed by atoms with E-state index < -0.39 is 0 Å². The molecular formula is C19H17NO4. The second-order valence-corrected chi connectivity index (χ2v) is 5.68. The van der Waals surface area contributed by atoms with Crippen LogP contribution in [0.15, 0.2) is 54.1 Å².